The third-order valence-electron chi connectivity index (χ3n) is 23.8. The summed E-state index contributed by atoms with van der Waals surface area (Å²) in [5.41, 5.74) is 13.4. The minimum atomic E-state index is -2.96. The second-order valence-electron chi connectivity index (χ2n) is 30.7. The topological polar surface area (TPSA) is 32.8 Å². The van der Waals surface area contributed by atoms with Crippen LogP contribution in [0.3, 0.4) is 0 Å². The van der Waals surface area contributed by atoms with Gasteiger partial charge < -0.3 is 18.6 Å². The Balaban J connectivity index is 0.838. The lowest BCUT2D eigenvalue weighted by Crippen LogP contribution is -2.74. The van der Waals surface area contributed by atoms with Crippen LogP contribution in [0.25, 0.3) is 98.4 Å². The first-order valence-corrected chi connectivity index (χ1v) is 43.4. The molecule has 0 aliphatic heterocycles. The molecule has 18 aromatic carbocycles. The van der Waals surface area contributed by atoms with E-state index in [4.69, 9.17) is 8.83 Å². The molecule has 0 aliphatic rings. The van der Waals surface area contributed by atoms with Crippen molar-refractivity contribution in [3.63, 3.8) is 0 Å². The quantitative estimate of drug-likeness (QED) is 0.0487. The summed E-state index contributed by atoms with van der Waals surface area (Å²) in [5, 5.41) is 20.4. The van der Waals surface area contributed by atoms with Gasteiger partial charge in [0, 0.05) is 43.4 Å². The molecule has 8 heteroatoms. The van der Waals surface area contributed by atoms with Crippen LogP contribution in [0.5, 0.6) is 0 Å². The van der Waals surface area contributed by atoms with Gasteiger partial charge in [-0.15, -0.1) is 0 Å². The number of fused-ring (bicyclic) bond motifs is 6. The first kappa shape index (κ1) is 69.7. The lowest BCUT2D eigenvalue weighted by molar-refractivity contribution is 0.628. The Hall–Kier alpha value is -13.5. The second kappa shape index (κ2) is 28.4. The Labute approximate surface area is 663 Å². The van der Waals surface area contributed by atoms with Crippen molar-refractivity contribution in [1.29, 1.82) is 0 Å². The molecule has 0 saturated carbocycles. The van der Waals surface area contributed by atoms with Gasteiger partial charge in [0.15, 0.2) is 27.3 Å². The van der Waals surface area contributed by atoms with Gasteiger partial charge in [-0.2, -0.15) is 0 Å². The van der Waals surface area contributed by atoms with Crippen LogP contribution in [0.2, 0.25) is 0 Å². The molecular formula is C106H78F2N2O2Si2. The Morgan fingerprint density at radius 2 is 0.526 bits per heavy atom. The highest BCUT2D eigenvalue weighted by Gasteiger charge is 2.43. The zero-order chi connectivity index (χ0) is 76.8. The summed E-state index contributed by atoms with van der Waals surface area (Å²) < 4.78 is 48.4. The van der Waals surface area contributed by atoms with Crippen LogP contribution >= 0.6 is 0 Å². The molecule has 0 radical (unpaired) electrons. The van der Waals surface area contributed by atoms with Crippen LogP contribution in [-0.4, -0.2) is 16.1 Å². The maximum absolute atomic E-state index is 17.0. The molecule has 0 aliphatic carbocycles. The van der Waals surface area contributed by atoms with Crippen molar-refractivity contribution in [2.24, 2.45) is 0 Å². The van der Waals surface area contributed by atoms with Crippen molar-refractivity contribution >= 4 is 168 Å². The summed E-state index contributed by atoms with van der Waals surface area (Å²) in [5.74, 6) is -0.646. The molecule has 114 heavy (non-hydrogen) atoms. The highest BCUT2D eigenvalue weighted by molar-refractivity contribution is 7.20. The van der Waals surface area contributed by atoms with Crippen LogP contribution < -0.4 is 51.3 Å². The number of halogens is 2. The summed E-state index contributed by atoms with van der Waals surface area (Å²) in [6, 6.07) is 138. The summed E-state index contributed by atoms with van der Waals surface area (Å²) in [6.45, 7) is 9.13. The van der Waals surface area contributed by atoms with Gasteiger partial charge in [0.1, 0.15) is 22.8 Å². The van der Waals surface area contributed by atoms with E-state index in [-0.39, 0.29) is 23.5 Å². The number of anilines is 6. The van der Waals surface area contributed by atoms with Gasteiger partial charge in [0.05, 0.1) is 34.1 Å². The molecule has 0 fully saturated rings. The van der Waals surface area contributed by atoms with Gasteiger partial charge in [-0.05, 0) is 170 Å². The van der Waals surface area contributed by atoms with E-state index in [1.807, 2.05) is 36.4 Å². The SMILES string of the molecule is CC(C)c1cc(N(c2ccc(F)cc2-c2ccc([Si](c3ccccc3)(c3ccccc3)c3ccccc3)cc2)c2cccc3c2oc2ccccc23)c2ccc3c(C(C)C)cc(N(c4ccc(F)cc4-c4ccc([Si](c5ccccc5)(c5ccccc5)c5ccccc5)cc4)c4cccc5c4oc4ccccc45)c4ccc1c2c34. The summed E-state index contributed by atoms with van der Waals surface area (Å²) in [6.07, 6.45) is 0. The number of nitrogens with zero attached hydrogens (tertiary/aromatic N) is 2. The van der Waals surface area contributed by atoms with Gasteiger partial charge in [0.2, 0.25) is 0 Å². The van der Waals surface area contributed by atoms with Gasteiger partial charge in [-0.25, -0.2) is 8.78 Å². The normalized spacial score (nSPS) is 12.1. The maximum atomic E-state index is 17.0. The predicted molar refractivity (Wildman–Crippen MR) is 480 cm³/mol. The van der Waals surface area contributed by atoms with Gasteiger partial charge >= 0.3 is 0 Å². The first-order valence-electron chi connectivity index (χ1n) is 39.4. The number of hydrogen-bond acceptors (Lipinski definition) is 4. The van der Waals surface area contributed by atoms with E-state index >= 15 is 8.78 Å². The lowest BCUT2D eigenvalue weighted by atomic mass is 9.83. The minimum absolute atomic E-state index is 0.0287. The van der Waals surface area contributed by atoms with Crippen molar-refractivity contribution < 1.29 is 17.6 Å². The molecule has 4 nitrogen and oxygen atoms in total. The van der Waals surface area contributed by atoms with Gasteiger partial charge in [-0.1, -0.05) is 343 Å². The van der Waals surface area contributed by atoms with Crippen LogP contribution in [0.15, 0.2) is 397 Å². The van der Waals surface area contributed by atoms with Crippen molar-refractivity contribution in [1.82, 2.24) is 0 Å². The highest BCUT2D eigenvalue weighted by atomic mass is 28.3. The van der Waals surface area contributed by atoms with E-state index in [0.717, 1.165) is 121 Å². The fourth-order valence-electron chi connectivity index (χ4n) is 18.7. The van der Waals surface area contributed by atoms with Crippen molar-refractivity contribution in [2.45, 2.75) is 39.5 Å². The van der Waals surface area contributed by atoms with Gasteiger partial charge in [0.25, 0.3) is 0 Å². The third-order valence-corrected chi connectivity index (χ3v) is 33.4. The minimum Gasteiger partial charge on any atom is -0.454 e. The Kier molecular flexibility index (Phi) is 17.3. The third kappa shape index (κ3) is 11.2. The number of rotatable bonds is 18. The van der Waals surface area contributed by atoms with Crippen molar-refractivity contribution in [3.05, 3.63) is 411 Å². The van der Waals surface area contributed by atoms with Crippen molar-refractivity contribution in [3.8, 4) is 22.3 Å². The molecule has 0 amide bonds. The molecule has 0 atom stereocenters. The highest BCUT2D eigenvalue weighted by Crippen LogP contribution is 2.55. The standard InChI is InChI=1S/C106H78F2N2O2Si2/c1-69(2)91-67-99(109(97-45-27-43-87-83-41-23-25-47-101(83)111-105(87)97)95-63-53-73(107)65-93(95)71-49-55-81(56-50-71)113(75-29-11-5-12-30-75,76-31-13-6-14-32-76)77-33-15-7-16-34-77)89-62-60-86-92(70(3)4)68-100(90-61-59-85(91)103(89)104(86)90)110(98-46-28-44-88-84-42-24-26-48-102(84)112-106(88)98)96-64-54-74(108)66-94(96)72-51-57-82(58-52-72)114(78-35-17-8-18-36-78,79-37-19-9-20-38-79)80-39-21-10-22-40-80/h5-70H,1-4H3. The number of furan rings is 2. The Morgan fingerprint density at radius 1 is 0.237 bits per heavy atom. The lowest BCUT2D eigenvalue weighted by Gasteiger charge is -2.34. The van der Waals surface area contributed by atoms with E-state index in [0.29, 0.717) is 22.3 Å². The fraction of sp³-hybridized carbons (Fsp3) is 0.0566. The van der Waals surface area contributed by atoms with E-state index in [1.54, 1.807) is 24.3 Å². The first-order chi connectivity index (χ1) is 56.0. The molecule has 0 unspecified atom stereocenters. The van der Waals surface area contributed by atoms with Crippen LogP contribution in [-0.2, 0) is 0 Å². The fourth-order valence-corrected chi connectivity index (χ4v) is 28.2. The molecule has 20 aromatic rings. The molecule has 0 N–H and O–H groups in total. The summed E-state index contributed by atoms with van der Waals surface area (Å²) >= 11 is 0. The van der Waals surface area contributed by atoms with E-state index in [2.05, 4.69) is 365 Å². The molecule has 0 saturated heterocycles. The smallest absolute Gasteiger partial charge is 0.179 e. The molecule has 546 valence electrons. The zero-order valence-electron chi connectivity index (χ0n) is 63.6. The molecule has 0 spiro atoms. The number of para-hydroxylation sites is 4. The second-order valence-corrected chi connectivity index (χ2v) is 38.3. The Morgan fingerprint density at radius 3 is 0.851 bits per heavy atom. The number of benzene rings is 18. The van der Waals surface area contributed by atoms with E-state index < -0.39 is 16.1 Å². The molecule has 2 heterocycles. The Bertz CT molecular complexity index is 6380. The van der Waals surface area contributed by atoms with Crippen molar-refractivity contribution in [2.75, 3.05) is 9.80 Å². The summed E-state index contributed by atoms with van der Waals surface area (Å²) in [4.78, 5) is 4.70. The largest absolute Gasteiger partial charge is 0.454 e. The molecule has 20 rings (SSSR count). The zero-order valence-corrected chi connectivity index (χ0v) is 65.6. The molecule has 0 bridgehead atoms. The average Bonchev–Trinajstić information content (AvgIpc) is 0.852. The van der Waals surface area contributed by atoms with E-state index in [9.17, 15) is 0 Å². The van der Waals surface area contributed by atoms with Crippen LogP contribution in [0.1, 0.15) is 50.7 Å². The molecule has 2 aromatic heterocycles. The molecular weight excluding hydrogens is 1430 g/mol. The number of hydrogen-bond donors (Lipinski definition) is 0. The maximum Gasteiger partial charge on any atom is 0.179 e. The average molecular weight is 1510 g/mol. The van der Waals surface area contributed by atoms with Crippen LogP contribution in [0, 0.1) is 11.6 Å². The van der Waals surface area contributed by atoms with Gasteiger partial charge in [-0.3, -0.25) is 0 Å². The monoisotopic (exact) mass is 1500 g/mol. The van der Waals surface area contributed by atoms with Crippen LogP contribution in [0.4, 0.5) is 42.9 Å². The predicted octanol–water partition coefficient (Wildman–Crippen LogP) is 23.9. The summed E-state index contributed by atoms with van der Waals surface area (Å²) in [7, 11) is -5.92. The van der Waals surface area contributed by atoms with E-state index in [1.165, 1.54) is 41.5 Å².